The third kappa shape index (κ3) is 4.26. The van der Waals surface area contributed by atoms with E-state index in [1.807, 2.05) is 79.5 Å². The van der Waals surface area contributed by atoms with E-state index in [4.69, 9.17) is 0 Å². The lowest BCUT2D eigenvalue weighted by molar-refractivity contribution is 0.0688. The maximum Gasteiger partial charge on any atom is 0.164 e. The maximum absolute atomic E-state index is 12.1. The Morgan fingerprint density at radius 2 is 1.59 bits per heavy atom. The summed E-state index contributed by atoms with van der Waals surface area (Å²) in [6.07, 6.45) is -0.107. The van der Waals surface area contributed by atoms with Crippen LogP contribution in [0.15, 0.2) is 60.7 Å². The van der Waals surface area contributed by atoms with E-state index >= 15 is 0 Å². The van der Waals surface area contributed by atoms with E-state index in [1.165, 1.54) is 0 Å². The maximum atomic E-state index is 12.1. The van der Waals surface area contributed by atoms with E-state index in [0.29, 0.717) is 13.0 Å². The summed E-state index contributed by atoms with van der Waals surface area (Å²) >= 11 is 0. The largest absolute Gasteiger partial charge is 0.387 e. The number of nitrogens with zero attached hydrogens (tertiary/aromatic N) is 1. The van der Waals surface area contributed by atoms with Gasteiger partial charge in [0.15, 0.2) is 5.78 Å². The van der Waals surface area contributed by atoms with Crippen molar-refractivity contribution >= 4 is 5.78 Å². The molecule has 0 saturated carbocycles. The third-order valence-corrected chi connectivity index (χ3v) is 4.08. The molecule has 0 saturated heterocycles. The van der Waals surface area contributed by atoms with Gasteiger partial charge in [0.05, 0.1) is 6.10 Å². The number of aliphatic hydroxyl groups excluding tert-OH is 1. The number of aliphatic hydroxyl groups is 1. The predicted octanol–water partition coefficient (Wildman–Crippen LogP) is 3.31. The summed E-state index contributed by atoms with van der Waals surface area (Å²) in [4.78, 5) is 14.1. The molecule has 0 aliphatic heterocycles. The molecular weight excluding hydrogens is 274 g/mol. The lowest BCUT2D eigenvalue weighted by atomic mass is 10.0. The average Bonchev–Trinajstić information content (AvgIpc) is 2.59. The summed E-state index contributed by atoms with van der Waals surface area (Å²) < 4.78 is 0. The van der Waals surface area contributed by atoms with Crippen LogP contribution in [-0.4, -0.2) is 35.4 Å². The van der Waals surface area contributed by atoms with Gasteiger partial charge >= 0.3 is 0 Å². The molecule has 0 bridgehead atoms. The molecule has 0 unspecified atom stereocenters. The van der Waals surface area contributed by atoms with E-state index in [-0.39, 0.29) is 11.8 Å². The highest BCUT2D eigenvalue weighted by atomic mass is 16.3. The van der Waals surface area contributed by atoms with Gasteiger partial charge in [-0.1, -0.05) is 60.7 Å². The van der Waals surface area contributed by atoms with Crippen LogP contribution in [0, 0.1) is 0 Å². The first-order valence-corrected chi connectivity index (χ1v) is 7.61. The lowest BCUT2D eigenvalue weighted by Crippen LogP contribution is -2.35. The van der Waals surface area contributed by atoms with Crippen molar-refractivity contribution in [3.63, 3.8) is 0 Å². The third-order valence-electron chi connectivity index (χ3n) is 4.08. The first kappa shape index (κ1) is 16.4. The monoisotopic (exact) mass is 297 g/mol. The minimum atomic E-state index is -0.557. The Morgan fingerprint density at radius 3 is 2.18 bits per heavy atom. The number of carbonyl (C=O) groups excluding carboxylic acids is 1. The Bertz CT molecular complexity index is 583. The van der Waals surface area contributed by atoms with Crippen molar-refractivity contribution in [2.75, 3.05) is 13.6 Å². The van der Waals surface area contributed by atoms with Gasteiger partial charge in [-0.3, -0.25) is 4.79 Å². The SMILES string of the molecule is C[C@H]([C@@H](O)c1ccccc1)N(C)CCC(=O)c1ccccc1. The summed E-state index contributed by atoms with van der Waals surface area (Å²) in [5, 5.41) is 10.4. The minimum absolute atomic E-state index is 0.0500. The fraction of sp³-hybridized carbons (Fsp3) is 0.316. The van der Waals surface area contributed by atoms with Gasteiger partial charge in [-0.15, -0.1) is 0 Å². The predicted molar refractivity (Wildman–Crippen MR) is 88.9 cm³/mol. The van der Waals surface area contributed by atoms with Crippen molar-refractivity contribution in [1.29, 1.82) is 0 Å². The molecule has 0 aliphatic rings. The van der Waals surface area contributed by atoms with Crippen molar-refractivity contribution in [1.82, 2.24) is 4.90 Å². The van der Waals surface area contributed by atoms with Crippen LogP contribution in [0.2, 0.25) is 0 Å². The molecule has 2 rings (SSSR count). The molecule has 0 aromatic heterocycles. The zero-order valence-corrected chi connectivity index (χ0v) is 13.1. The van der Waals surface area contributed by atoms with Gasteiger partial charge in [0.25, 0.3) is 0 Å². The molecule has 3 nitrogen and oxygen atoms in total. The van der Waals surface area contributed by atoms with E-state index in [2.05, 4.69) is 0 Å². The zero-order chi connectivity index (χ0) is 15.9. The van der Waals surface area contributed by atoms with Crippen LogP contribution in [0.25, 0.3) is 0 Å². The molecule has 0 heterocycles. The highest BCUT2D eigenvalue weighted by Crippen LogP contribution is 2.20. The Hall–Kier alpha value is -1.97. The summed E-state index contributed by atoms with van der Waals surface area (Å²) in [5.41, 5.74) is 1.64. The molecule has 22 heavy (non-hydrogen) atoms. The van der Waals surface area contributed by atoms with Crippen LogP contribution < -0.4 is 0 Å². The van der Waals surface area contributed by atoms with Gasteiger partial charge in [-0.05, 0) is 19.5 Å². The number of likely N-dealkylation sites (N-methyl/N-ethyl adjacent to an activating group) is 1. The molecule has 2 atom stereocenters. The average molecular weight is 297 g/mol. The topological polar surface area (TPSA) is 40.5 Å². The van der Waals surface area contributed by atoms with Crippen molar-refractivity contribution in [3.05, 3.63) is 71.8 Å². The van der Waals surface area contributed by atoms with Crippen molar-refractivity contribution < 1.29 is 9.90 Å². The number of benzene rings is 2. The molecule has 2 aromatic rings. The van der Waals surface area contributed by atoms with Gasteiger partial charge in [0.1, 0.15) is 0 Å². The number of rotatable bonds is 7. The molecule has 1 N–H and O–H groups in total. The zero-order valence-electron chi connectivity index (χ0n) is 13.1. The second kappa shape index (κ2) is 7.87. The van der Waals surface area contributed by atoms with Crippen LogP contribution in [0.3, 0.4) is 0 Å². The van der Waals surface area contributed by atoms with E-state index in [1.54, 1.807) is 0 Å². The molecule has 0 amide bonds. The van der Waals surface area contributed by atoms with Crippen LogP contribution in [0.1, 0.15) is 35.4 Å². The Balaban J connectivity index is 1.89. The summed E-state index contributed by atoms with van der Waals surface area (Å²) in [7, 11) is 1.94. The highest BCUT2D eigenvalue weighted by Gasteiger charge is 2.20. The minimum Gasteiger partial charge on any atom is -0.387 e. The molecule has 2 aromatic carbocycles. The number of ketones is 1. The Labute approximate surface area is 132 Å². The molecule has 3 heteroatoms. The van der Waals surface area contributed by atoms with Gasteiger partial charge in [-0.25, -0.2) is 0 Å². The van der Waals surface area contributed by atoms with Crippen LogP contribution in [-0.2, 0) is 0 Å². The van der Waals surface area contributed by atoms with Crippen LogP contribution >= 0.6 is 0 Å². The van der Waals surface area contributed by atoms with E-state index in [9.17, 15) is 9.90 Å². The molecule has 0 radical (unpaired) electrons. The molecule has 0 aliphatic carbocycles. The fourth-order valence-electron chi connectivity index (χ4n) is 2.42. The fourth-order valence-corrected chi connectivity index (χ4v) is 2.42. The van der Waals surface area contributed by atoms with E-state index in [0.717, 1.165) is 11.1 Å². The number of carbonyl (C=O) groups is 1. The second-order valence-corrected chi connectivity index (χ2v) is 5.62. The van der Waals surface area contributed by atoms with Crippen LogP contribution in [0.4, 0.5) is 0 Å². The van der Waals surface area contributed by atoms with Gasteiger partial charge in [-0.2, -0.15) is 0 Å². The molecular formula is C19H23NO2. The normalized spacial score (nSPS) is 13.8. The first-order valence-electron chi connectivity index (χ1n) is 7.61. The number of hydrogen-bond donors (Lipinski definition) is 1. The lowest BCUT2D eigenvalue weighted by Gasteiger charge is -2.29. The summed E-state index contributed by atoms with van der Waals surface area (Å²) in [5.74, 6) is 0.133. The van der Waals surface area contributed by atoms with Gasteiger partial charge < -0.3 is 10.0 Å². The molecule has 0 fully saturated rings. The number of Topliss-reactive ketones (excluding diaryl/α,β-unsaturated/α-hetero) is 1. The van der Waals surface area contributed by atoms with Crippen LogP contribution in [0.5, 0.6) is 0 Å². The molecule has 0 spiro atoms. The highest BCUT2D eigenvalue weighted by molar-refractivity contribution is 5.96. The van der Waals surface area contributed by atoms with E-state index < -0.39 is 6.10 Å². The number of hydrogen-bond acceptors (Lipinski definition) is 3. The molecule has 116 valence electrons. The van der Waals surface area contributed by atoms with Crippen molar-refractivity contribution in [3.8, 4) is 0 Å². The van der Waals surface area contributed by atoms with Crippen molar-refractivity contribution in [2.45, 2.75) is 25.5 Å². The summed E-state index contributed by atoms with van der Waals surface area (Å²) in [6, 6.07) is 18.9. The standard InChI is InChI=1S/C19H23NO2/c1-15(19(22)17-11-7-4-8-12-17)20(2)14-13-18(21)16-9-5-3-6-10-16/h3-12,15,19,22H,13-14H2,1-2H3/t15-,19-/m1/s1. The first-order chi connectivity index (χ1) is 10.6. The Kier molecular flexibility index (Phi) is 5.87. The Morgan fingerprint density at radius 1 is 1.05 bits per heavy atom. The smallest absolute Gasteiger partial charge is 0.164 e. The van der Waals surface area contributed by atoms with Gasteiger partial charge in [0, 0.05) is 24.6 Å². The summed E-state index contributed by atoms with van der Waals surface area (Å²) in [6.45, 7) is 2.60. The quantitative estimate of drug-likeness (QED) is 0.797. The second-order valence-electron chi connectivity index (χ2n) is 5.62. The van der Waals surface area contributed by atoms with Crippen molar-refractivity contribution in [2.24, 2.45) is 0 Å². The van der Waals surface area contributed by atoms with Gasteiger partial charge in [0.2, 0.25) is 0 Å².